The van der Waals surface area contributed by atoms with Gasteiger partial charge in [0.15, 0.2) is 0 Å². The highest BCUT2D eigenvalue weighted by Gasteiger charge is 2.16. The smallest absolute Gasteiger partial charge is 0.313 e. The number of nitro groups is 1. The minimum Gasteiger partial charge on any atom is -0.481 e. The highest BCUT2D eigenvalue weighted by Crippen LogP contribution is 2.26. The van der Waals surface area contributed by atoms with E-state index in [-0.39, 0.29) is 17.0 Å². The van der Waals surface area contributed by atoms with Crippen molar-refractivity contribution in [3.63, 3.8) is 0 Å². The molecule has 0 fully saturated rings. The summed E-state index contributed by atoms with van der Waals surface area (Å²) in [6, 6.07) is 4.20. The quantitative estimate of drug-likeness (QED) is 0.306. The van der Waals surface area contributed by atoms with Gasteiger partial charge in [0, 0.05) is 29.3 Å². The summed E-state index contributed by atoms with van der Waals surface area (Å²) < 4.78 is 0. The molecule has 0 aliphatic rings. The van der Waals surface area contributed by atoms with Gasteiger partial charge in [-0.3, -0.25) is 19.7 Å². The molecule has 0 aliphatic heterocycles. The fraction of sp³-hybridized carbons (Fsp3) is 0.385. The Kier molecular flexibility index (Phi) is 7.75. The van der Waals surface area contributed by atoms with Crippen LogP contribution in [0.5, 0.6) is 0 Å². The number of rotatable bonds is 9. The van der Waals surface area contributed by atoms with Crippen LogP contribution in [0.4, 0.5) is 5.69 Å². The second-order valence-electron chi connectivity index (χ2n) is 4.07. The van der Waals surface area contributed by atoms with E-state index < -0.39 is 16.8 Å². The van der Waals surface area contributed by atoms with Gasteiger partial charge in [-0.1, -0.05) is 6.92 Å². The Morgan fingerprint density at radius 3 is 2.73 bits per heavy atom. The first-order chi connectivity index (χ1) is 10.5. The van der Waals surface area contributed by atoms with Crippen LogP contribution >= 0.6 is 23.5 Å². The van der Waals surface area contributed by atoms with Crippen LogP contribution < -0.4 is 5.32 Å². The van der Waals surface area contributed by atoms with E-state index in [0.29, 0.717) is 17.2 Å². The average Bonchev–Trinajstić information content (AvgIpc) is 2.46. The lowest BCUT2D eigenvalue weighted by Crippen LogP contribution is -2.26. The van der Waals surface area contributed by atoms with Crippen molar-refractivity contribution in [3.05, 3.63) is 33.9 Å². The SMILES string of the molecule is CCSc1ccc([N+](=O)[O-])cc1C(=O)NCCSCC(=O)O. The van der Waals surface area contributed by atoms with Crippen LogP contribution in [0.25, 0.3) is 0 Å². The van der Waals surface area contributed by atoms with E-state index in [1.54, 1.807) is 6.07 Å². The molecule has 0 bridgehead atoms. The van der Waals surface area contributed by atoms with E-state index in [1.165, 1.54) is 35.7 Å². The number of nitro benzene ring substituents is 1. The molecular weight excluding hydrogens is 328 g/mol. The van der Waals surface area contributed by atoms with Crippen LogP contribution in [-0.2, 0) is 4.79 Å². The van der Waals surface area contributed by atoms with Crippen molar-refractivity contribution in [3.8, 4) is 0 Å². The molecule has 0 radical (unpaired) electrons. The number of carboxylic acid groups (broad SMARTS) is 1. The van der Waals surface area contributed by atoms with Crippen LogP contribution in [-0.4, -0.2) is 45.7 Å². The van der Waals surface area contributed by atoms with Crippen LogP contribution in [0, 0.1) is 10.1 Å². The summed E-state index contributed by atoms with van der Waals surface area (Å²) in [4.78, 5) is 33.5. The summed E-state index contributed by atoms with van der Waals surface area (Å²) in [6.45, 7) is 2.23. The van der Waals surface area contributed by atoms with Crippen LogP contribution in [0.15, 0.2) is 23.1 Å². The molecule has 0 aromatic heterocycles. The van der Waals surface area contributed by atoms with E-state index in [1.807, 2.05) is 6.92 Å². The third kappa shape index (κ3) is 5.94. The van der Waals surface area contributed by atoms with E-state index in [4.69, 9.17) is 5.11 Å². The second-order valence-corrected chi connectivity index (χ2v) is 6.48. The van der Waals surface area contributed by atoms with Crippen molar-refractivity contribution in [2.45, 2.75) is 11.8 Å². The lowest BCUT2D eigenvalue weighted by Gasteiger charge is -2.09. The maximum atomic E-state index is 12.1. The number of hydrogen-bond donors (Lipinski definition) is 2. The fourth-order valence-corrected chi connectivity index (χ4v) is 2.93. The molecule has 0 heterocycles. The van der Waals surface area contributed by atoms with E-state index in [0.717, 1.165) is 5.75 Å². The fourth-order valence-electron chi connectivity index (χ4n) is 1.58. The number of non-ortho nitro benzene ring substituents is 1. The number of amides is 1. The average molecular weight is 344 g/mol. The predicted octanol–water partition coefficient (Wildman–Crippen LogP) is 2.25. The summed E-state index contributed by atoms with van der Waals surface area (Å²) in [5.41, 5.74) is 0.134. The molecule has 0 spiro atoms. The van der Waals surface area contributed by atoms with Gasteiger partial charge in [0.25, 0.3) is 11.6 Å². The third-order valence-electron chi connectivity index (χ3n) is 2.48. The first-order valence-electron chi connectivity index (χ1n) is 6.44. The predicted molar refractivity (Wildman–Crippen MR) is 86.8 cm³/mol. The minimum atomic E-state index is -0.906. The summed E-state index contributed by atoms with van der Waals surface area (Å²) in [5, 5.41) is 22.0. The van der Waals surface area contributed by atoms with Crippen LogP contribution in [0.2, 0.25) is 0 Å². The summed E-state index contributed by atoms with van der Waals surface area (Å²) in [5.74, 6) is -0.119. The van der Waals surface area contributed by atoms with Crippen LogP contribution in [0.1, 0.15) is 17.3 Å². The maximum Gasteiger partial charge on any atom is 0.313 e. The number of carboxylic acids is 1. The Bertz CT molecular complexity index is 565. The zero-order chi connectivity index (χ0) is 16.5. The molecule has 22 heavy (non-hydrogen) atoms. The molecule has 1 rings (SSSR count). The first-order valence-corrected chi connectivity index (χ1v) is 8.58. The van der Waals surface area contributed by atoms with Crippen LogP contribution in [0.3, 0.4) is 0 Å². The number of thioether (sulfide) groups is 2. The molecule has 1 aromatic carbocycles. The molecule has 2 N–H and O–H groups in total. The minimum absolute atomic E-state index is 0.0242. The lowest BCUT2D eigenvalue weighted by atomic mass is 10.2. The lowest BCUT2D eigenvalue weighted by molar-refractivity contribution is -0.384. The third-order valence-corrected chi connectivity index (χ3v) is 4.38. The second kappa shape index (κ2) is 9.31. The summed E-state index contributed by atoms with van der Waals surface area (Å²) >= 11 is 2.63. The molecule has 7 nitrogen and oxygen atoms in total. The Balaban J connectivity index is 2.70. The molecule has 120 valence electrons. The standard InChI is InChI=1S/C13H16N2O5S2/c1-2-22-11-4-3-9(15(19)20)7-10(11)13(18)14-5-6-21-8-12(16)17/h3-4,7H,2,5-6,8H2,1H3,(H,14,18)(H,16,17). The van der Waals surface area contributed by atoms with E-state index in [9.17, 15) is 19.7 Å². The van der Waals surface area contributed by atoms with Gasteiger partial charge >= 0.3 is 5.97 Å². The topological polar surface area (TPSA) is 110 Å². The molecule has 0 unspecified atom stereocenters. The zero-order valence-electron chi connectivity index (χ0n) is 11.9. The molecule has 0 atom stereocenters. The molecular formula is C13H16N2O5S2. The van der Waals surface area contributed by atoms with Crippen molar-refractivity contribution >= 4 is 41.1 Å². The van der Waals surface area contributed by atoms with Gasteiger partial charge < -0.3 is 10.4 Å². The van der Waals surface area contributed by atoms with Crippen molar-refractivity contribution in [2.24, 2.45) is 0 Å². The van der Waals surface area contributed by atoms with Gasteiger partial charge in [-0.15, -0.1) is 23.5 Å². The molecule has 0 saturated carbocycles. The highest BCUT2D eigenvalue weighted by molar-refractivity contribution is 8.00. The normalized spacial score (nSPS) is 10.2. The number of nitrogens with zero attached hydrogens (tertiary/aromatic N) is 1. The number of benzene rings is 1. The van der Waals surface area contributed by atoms with E-state index >= 15 is 0 Å². The number of carbonyl (C=O) groups excluding carboxylic acids is 1. The number of carbonyl (C=O) groups is 2. The molecule has 0 saturated heterocycles. The Labute approximate surface area is 136 Å². The van der Waals surface area contributed by atoms with Crippen molar-refractivity contribution < 1.29 is 19.6 Å². The van der Waals surface area contributed by atoms with E-state index in [2.05, 4.69) is 5.32 Å². The summed E-state index contributed by atoms with van der Waals surface area (Å²) in [7, 11) is 0. The Morgan fingerprint density at radius 1 is 1.41 bits per heavy atom. The highest BCUT2D eigenvalue weighted by atomic mass is 32.2. The van der Waals surface area contributed by atoms with Crippen molar-refractivity contribution in [1.82, 2.24) is 5.32 Å². The number of nitrogens with one attached hydrogen (secondary N) is 1. The van der Waals surface area contributed by atoms with Gasteiger partial charge in [0.1, 0.15) is 0 Å². The van der Waals surface area contributed by atoms with Gasteiger partial charge in [-0.2, -0.15) is 0 Å². The molecule has 1 amide bonds. The Hall–Kier alpha value is -1.74. The van der Waals surface area contributed by atoms with Gasteiger partial charge in [-0.05, 0) is 11.8 Å². The molecule has 0 aliphatic carbocycles. The molecule has 1 aromatic rings. The van der Waals surface area contributed by atoms with Gasteiger partial charge in [0.05, 0.1) is 16.2 Å². The zero-order valence-corrected chi connectivity index (χ0v) is 13.5. The van der Waals surface area contributed by atoms with Gasteiger partial charge in [-0.25, -0.2) is 0 Å². The Morgan fingerprint density at radius 2 is 2.14 bits per heavy atom. The summed E-state index contributed by atoms with van der Waals surface area (Å²) in [6.07, 6.45) is 0. The molecule has 9 heteroatoms. The van der Waals surface area contributed by atoms with Gasteiger partial charge in [0.2, 0.25) is 0 Å². The largest absolute Gasteiger partial charge is 0.481 e. The first kappa shape index (κ1) is 18.3. The van der Waals surface area contributed by atoms with Crippen molar-refractivity contribution in [2.75, 3.05) is 23.8 Å². The number of hydrogen-bond acceptors (Lipinski definition) is 6. The maximum absolute atomic E-state index is 12.1. The monoisotopic (exact) mass is 344 g/mol. The van der Waals surface area contributed by atoms with Crippen molar-refractivity contribution in [1.29, 1.82) is 0 Å². The number of aliphatic carboxylic acids is 1.